The second-order valence-corrected chi connectivity index (χ2v) is 7.87. The van der Waals surface area contributed by atoms with Crippen molar-refractivity contribution in [3.05, 3.63) is 29.8 Å². The van der Waals surface area contributed by atoms with Gasteiger partial charge in [0, 0.05) is 35.7 Å². The van der Waals surface area contributed by atoms with Crippen molar-refractivity contribution < 1.29 is 24.2 Å². The Kier molecular flexibility index (Phi) is 6.34. The number of hydrogen-bond acceptors (Lipinski definition) is 4. The summed E-state index contributed by atoms with van der Waals surface area (Å²) in [5.74, 6) is -1.61. The quantitative estimate of drug-likeness (QED) is 0.570. The maximum Gasteiger partial charge on any atom is 0.330 e. The number of anilines is 1. The number of amides is 3. The van der Waals surface area contributed by atoms with Crippen LogP contribution in [0.25, 0.3) is 0 Å². The Morgan fingerprint density at radius 1 is 1.29 bits per heavy atom. The number of nitrogens with one attached hydrogen (secondary N) is 3. The van der Waals surface area contributed by atoms with E-state index in [2.05, 4.69) is 16.0 Å². The lowest BCUT2D eigenvalue weighted by molar-refractivity contribution is -0.190. The lowest BCUT2D eigenvalue weighted by atomic mass is 9.54. The van der Waals surface area contributed by atoms with Crippen LogP contribution in [0.5, 0.6) is 0 Å². The number of aliphatic carboxylic acids is 1. The molecular weight excluding hydrogens is 362 g/mol. The van der Waals surface area contributed by atoms with Gasteiger partial charge in [0.15, 0.2) is 0 Å². The fraction of sp³-hybridized carbons (Fsp3) is 0.550. The molecule has 2 unspecified atom stereocenters. The van der Waals surface area contributed by atoms with Crippen LogP contribution in [0.3, 0.4) is 0 Å². The molecule has 3 amide bonds. The van der Waals surface area contributed by atoms with Crippen LogP contribution in [-0.2, 0) is 9.53 Å². The summed E-state index contributed by atoms with van der Waals surface area (Å²) in [6.07, 6.45) is -0.0504. The van der Waals surface area contributed by atoms with Crippen LogP contribution in [-0.4, -0.2) is 47.3 Å². The zero-order valence-electron chi connectivity index (χ0n) is 17.0. The molecule has 1 aromatic carbocycles. The zero-order valence-corrected chi connectivity index (χ0v) is 17.0. The van der Waals surface area contributed by atoms with Crippen LogP contribution in [0.4, 0.5) is 10.5 Å². The van der Waals surface area contributed by atoms with E-state index in [0.717, 1.165) is 0 Å². The number of carboxylic acid groups (broad SMARTS) is 1. The fourth-order valence-corrected chi connectivity index (χ4v) is 3.47. The van der Waals surface area contributed by atoms with E-state index in [9.17, 15) is 19.5 Å². The smallest absolute Gasteiger partial charge is 0.330 e. The predicted octanol–water partition coefficient (Wildman–Crippen LogP) is 2.60. The molecule has 1 saturated carbocycles. The van der Waals surface area contributed by atoms with Gasteiger partial charge in [0.2, 0.25) is 0 Å². The molecule has 0 radical (unpaired) electrons. The first-order chi connectivity index (χ1) is 13.0. The number of benzene rings is 1. The first kappa shape index (κ1) is 21.7. The van der Waals surface area contributed by atoms with Crippen molar-refractivity contribution >= 4 is 23.6 Å². The fourth-order valence-electron chi connectivity index (χ4n) is 3.47. The summed E-state index contributed by atoms with van der Waals surface area (Å²) >= 11 is 0. The summed E-state index contributed by atoms with van der Waals surface area (Å²) in [4.78, 5) is 36.6. The number of carboxylic acids is 1. The summed E-state index contributed by atoms with van der Waals surface area (Å²) in [5, 5.41) is 17.9. The minimum Gasteiger partial charge on any atom is -0.479 e. The molecule has 2 atom stereocenters. The lowest BCUT2D eigenvalue weighted by Crippen LogP contribution is -2.76. The maximum absolute atomic E-state index is 12.8. The van der Waals surface area contributed by atoms with Gasteiger partial charge in [-0.05, 0) is 39.0 Å². The molecule has 0 aliphatic heterocycles. The van der Waals surface area contributed by atoms with Crippen LogP contribution in [0.15, 0.2) is 24.3 Å². The molecule has 28 heavy (non-hydrogen) atoms. The topological polar surface area (TPSA) is 117 Å². The summed E-state index contributed by atoms with van der Waals surface area (Å²) in [6, 6.07) is 5.96. The zero-order chi connectivity index (χ0) is 21.1. The predicted molar refractivity (Wildman–Crippen MR) is 105 cm³/mol. The highest BCUT2D eigenvalue weighted by Gasteiger charge is 2.66. The summed E-state index contributed by atoms with van der Waals surface area (Å²) in [7, 11) is 0. The molecule has 0 heterocycles. The third kappa shape index (κ3) is 4.11. The van der Waals surface area contributed by atoms with Gasteiger partial charge in [-0.2, -0.15) is 0 Å². The first-order valence-corrected chi connectivity index (χ1v) is 9.38. The van der Waals surface area contributed by atoms with Gasteiger partial charge >= 0.3 is 12.0 Å². The highest BCUT2D eigenvalue weighted by atomic mass is 16.5. The average Bonchev–Trinajstić information content (AvgIpc) is 2.59. The van der Waals surface area contributed by atoms with Crippen molar-refractivity contribution in [3.63, 3.8) is 0 Å². The molecule has 0 spiro atoms. The Bertz CT molecular complexity index is 762. The van der Waals surface area contributed by atoms with E-state index >= 15 is 0 Å². The van der Waals surface area contributed by atoms with Gasteiger partial charge in [-0.25, -0.2) is 9.59 Å². The maximum atomic E-state index is 12.8. The molecule has 4 N–H and O–H groups in total. The van der Waals surface area contributed by atoms with Crippen LogP contribution in [0.1, 0.15) is 51.4 Å². The minimum atomic E-state index is -1.41. The molecule has 1 aliphatic carbocycles. The monoisotopic (exact) mass is 391 g/mol. The molecule has 8 heteroatoms. The van der Waals surface area contributed by atoms with Crippen LogP contribution in [0, 0.1) is 5.41 Å². The van der Waals surface area contributed by atoms with Gasteiger partial charge in [0.25, 0.3) is 5.91 Å². The van der Waals surface area contributed by atoms with Crippen molar-refractivity contribution in [3.8, 4) is 0 Å². The van der Waals surface area contributed by atoms with Gasteiger partial charge in [0.05, 0.1) is 6.10 Å². The van der Waals surface area contributed by atoms with Crippen LogP contribution >= 0.6 is 0 Å². The van der Waals surface area contributed by atoms with Crippen molar-refractivity contribution in [1.82, 2.24) is 10.6 Å². The van der Waals surface area contributed by atoms with Crippen molar-refractivity contribution in [1.29, 1.82) is 0 Å². The van der Waals surface area contributed by atoms with E-state index in [1.165, 1.54) is 6.07 Å². The Morgan fingerprint density at radius 3 is 2.50 bits per heavy atom. The summed E-state index contributed by atoms with van der Waals surface area (Å²) in [6.45, 7) is 9.56. The van der Waals surface area contributed by atoms with Gasteiger partial charge < -0.3 is 25.8 Å². The molecular formula is C20H29N3O5. The van der Waals surface area contributed by atoms with Crippen molar-refractivity contribution in [2.75, 3.05) is 11.9 Å². The molecule has 154 valence electrons. The highest BCUT2D eigenvalue weighted by molar-refractivity contribution is 6.00. The molecule has 0 saturated heterocycles. The molecule has 1 aromatic rings. The third-order valence-electron chi connectivity index (χ3n) is 5.26. The molecule has 2 rings (SSSR count). The van der Waals surface area contributed by atoms with Crippen molar-refractivity contribution in [2.24, 2.45) is 5.41 Å². The Balaban J connectivity index is 2.16. The first-order valence-electron chi connectivity index (χ1n) is 9.38. The summed E-state index contributed by atoms with van der Waals surface area (Å²) < 4.78 is 5.61. The highest BCUT2D eigenvalue weighted by Crippen LogP contribution is 2.51. The number of hydrogen-bond donors (Lipinski definition) is 4. The number of ether oxygens (including phenoxy) is 1. The molecule has 1 aliphatic rings. The third-order valence-corrected chi connectivity index (χ3v) is 5.26. The number of urea groups is 1. The normalized spacial score (nSPS) is 22.9. The van der Waals surface area contributed by atoms with E-state index in [0.29, 0.717) is 12.3 Å². The summed E-state index contributed by atoms with van der Waals surface area (Å²) in [5.41, 5.74) is -1.48. The average molecular weight is 391 g/mol. The van der Waals surface area contributed by atoms with Crippen LogP contribution in [0.2, 0.25) is 0 Å². The Morgan fingerprint density at radius 2 is 1.96 bits per heavy atom. The number of carbonyl (C=O) groups excluding carboxylic acids is 2. The molecule has 1 fully saturated rings. The molecule has 8 nitrogen and oxygen atoms in total. The van der Waals surface area contributed by atoms with Gasteiger partial charge in [0.1, 0.15) is 5.54 Å². The van der Waals surface area contributed by atoms with E-state index in [-0.39, 0.29) is 30.2 Å². The Hall–Kier alpha value is -2.61. The van der Waals surface area contributed by atoms with E-state index in [4.69, 9.17) is 4.74 Å². The minimum absolute atomic E-state index is 0.0268. The standard InChI is InChI=1S/C20H29N3O5/c1-6-28-15-11-20(17(25)26,19(15,4)5)23-16(24)13-8-7-9-14(10-13)22-18(27)21-12(2)3/h7-10,12,15H,6,11H2,1-5H3,(H,23,24)(H,25,26)(H2,21,22,27). The Labute approximate surface area is 165 Å². The molecule has 0 bridgehead atoms. The number of carbonyl (C=O) groups is 3. The van der Waals surface area contributed by atoms with Crippen LogP contribution < -0.4 is 16.0 Å². The SMILES string of the molecule is CCOC1CC(NC(=O)c2cccc(NC(=O)NC(C)C)c2)(C(=O)O)C1(C)C. The number of rotatable bonds is 7. The van der Waals surface area contributed by atoms with E-state index in [1.807, 2.05) is 20.8 Å². The molecule has 0 aromatic heterocycles. The van der Waals surface area contributed by atoms with Gasteiger partial charge in [-0.3, -0.25) is 4.79 Å². The van der Waals surface area contributed by atoms with Gasteiger partial charge in [-0.1, -0.05) is 19.9 Å². The lowest BCUT2D eigenvalue weighted by Gasteiger charge is -2.58. The van der Waals surface area contributed by atoms with E-state index in [1.54, 1.807) is 32.0 Å². The largest absolute Gasteiger partial charge is 0.479 e. The second kappa shape index (κ2) is 8.18. The van der Waals surface area contributed by atoms with Gasteiger partial charge in [-0.15, -0.1) is 0 Å². The second-order valence-electron chi connectivity index (χ2n) is 7.87. The van der Waals surface area contributed by atoms with Crippen molar-refractivity contribution in [2.45, 2.75) is 58.7 Å². The van der Waals surface area contributed by atoms with E-state index < -0.39 is 22.8 Å².